The number of hydrogen-bond donors (Lipinski definition) is 2. The number of carbonyl (C=O) groups is 1. The number of aliphatic hydroxyl groups excluding tert-OH is 1. The van der Waals surface area contributed by atoms with Crippen molar-refractivity contribution < 1.29 is 9.90 Å². The fraction of sp³-hybridized carbons (Fsp3) is 0.462. The molecule has 1 aromatic rings. The molecule has 0 saturated carbocycles. The van der Waals surface area contributed by atoms with Crippen LogP contribution in [0.1, 0.15) is 24.8 Å². The second-order valence-corrected chi connectivity index (χ2v) is 4.86. The molecule has 0 atom stereocenters. The summed E-state index contributed by atoms with van der Waals surface area (Å²) in [7, 11) is 0. The van der Waals surface area contributed by atoms with E-state index in [2.05, 4.69) is 21.2 Å². The molecular weight excluding hydrogens is 282 g/mol. The van der Waals surface area contributed by atoms with Crippen LogP contribution in [0.3, 0.4) is 0 Å². The third kappa shape index (κ3) is 6.44. The molecule has 3 nitrogen and oxygen atoms in total. The van der Waals surface area contributed by atoms with Crippen LogP contribution in [0.15, 0.2) is 28.7 Å². The van der Waals surface area contributed by atoms with Gasteiger partial charge in [-0.05, 0) is 37.0 Å². The molecule has 0 bridgehead atoms. The first-order chi connectivity index (χ1) is 8.22. The van der Waals surface area contributed by atoms with Gasteiger partial charge in [-0.3, -0.25) is 4.79 Å². The topological polar surface area (TPSA) is 49.3 Å². The van der Waals surface area contributed by atoms with Gasteiger partial charge in [0.05, 0.1) is 6.42 Å². The molecule has 2 N–H and O–H groups in total. The number of rotatable bonds is 7. The Bertz CT molecular complexity index is 355. The average Bonchev–Trinajstić information content (AvgIpc) is 2.29. The number of carbonyl (C=O) groups excluding carboxylic acids is 1. The van der Waals surface area contributed by atoms with Gasteiger partial charge < -0.3 is 10.4 Å². The molecule has 0 fully saturated rings. The lowest BCUT2D eigenvalue weighted by atomic mass is 10.1. The maximum atomic E-state index is 11.6. The van der Waals surface area contributed by atoms with E-state index in [4.69, 9.17) is 5.11 Å². The van der Waals surface area contributed by atoms with E-state index in [1.54, 1.807) is 0 Å². The van der Waals surface area contributed by atoms with Crippen LogP contribution in [0.2, 0.25) is 0 Å². The maximum Gasteiger partial charge on any atom is 0.224 e. The van der Waals surface area contributed by atoms with Gasteiger partial charge in [0.25, 0.3) is 0 Å². The standard InChI is InChI=1S/C13H18BrNO2/c14-12-6-4-5-11(9-12)10-13(17)15-7-2-1-3-8-16/h4-6,9,16H,1-3,7-8,10H2,(H,15,17). The summed E-state index contributed by atoms with van der Waals surface area (Å²) < 4.78 is 0.991. The van der Waals surface area contributed by atoms with Crippen molar-refractivity contribution in [3.63, 3.8) is 0 Å². The van der Waals surface area contributed by atoms with E-state index in [0.29, 0.717) is 13.0 Å². The van der Waals surface area contributed by atoms with Crippen molar-refractivity contribution in [2.75, 3.05) is 13.2 Å². The van der Waals surface area contributed by atoms with Gasteiger partial charge in [-0.1, -0.05) is 28.1 Å². The van der Waals surface area contributed by atoms with Crippen LogP contribution < -0.4 is 5.32 Å². The van der Waals surface area contributed by atoms with Gasteiger partial charge in [-0.25, -0.2) is 0 Å². The van der Waals surface area contributed by atoms with Crippen molar-refractivity contribution in [2.24, 2.45) is 0 Å². The molecular formula is C13H18BrNO2. The highest BCUT2D eigenvalue weighted by Gasteiger charge is 2.02. The second kappa shape index (κ2) is 8.25. The van der Waals surface area contributed by atoms with Crippen LogP contribution in [-0.2, 0) is 11.2 Å². The Morgan fingerprint density at radius 1 is 1.29 bits per heavy atom. The number of halogens is 1. The minimum atomic E-state index is 0.0482. The fourth-order valence-electron chi connectivity index (χ4n) is 1.54. The lowest BCUT2D eigenvalue weighted by Gasteiger charge is -2.05. The minimum absolute atomic E-state index is 0.0482. The van der Waals surface area contributed by atoms with Crippen LogP contribution in [0.4, 0.5) is 0 Å². The third-order valence-corrected chi connectivity index (χ3v) is 2.90. The molecule has 17 heavy (non-hydrogen) atoms. The van der Waals surface area contributed by atoms with E-state index in [1.165, 1.54) is 0 Å². The first kappa shape index (κ1) is 14.2. The van der Waals surface area contributed by atoms with Crippen molar-refractivity contribution in [1.29, 1.82) is 0 Å². The third-order valence-electron chi connectivity index (χ3n) is 2.41. The zero-order valence-electron chi connectivity index (χ0n) is 9.79. The molecule has 0 aliphatic carbocycles. The van der Waals surface area contributed by atoms with Gasteiger partial charge >= 0.3 is 0 Å². The van der Waals surface area contributed by atoms with Gasteiger partial charge in [0.1, 0.15) is 0 Å². The molecule has 0 spiro atoms. The lowest BCUT2D eigenvalue weighted by Crippen LogP contribution is -2.26. The van der Waals surface area contributed by atoms with Crippen molar-refractivity contribution in [1.82, 2.24) is 5.32 Å². The Hall–Kier alpha value is -0.870. The van der Waals surface area contributed by atoms with E-state index >= 15 is 0 Å². The van der Waals surface area contributed by atoms with E-state index < -0.39 is 0 Å². The quantitative estimate of drug-likeness (QED) is 0.759. The molecule has 0 aliphatic rings. The smallest absolute Gasteiger partial charge is 0.224 e. The SMILES string of the molecule is O=C(Cc1cccc(Br)c1)NCCCCCO. The zero-order valence-corrected chi connectivity index (χ0v) is 11.4. The molecule has 0 saturated heterocycles. The van der Waals surface area contributed by atoms with Crippen molar-refractivity contribution in [3.8, 4) is 0 Å². The number of unbranched alkanes of at least 4 members (excludes halogenated alkanes) is 2. The van der Waals surface area contributed by atoms with E-state index in [-0.39, 0.29) is 12.5 Å². The van der Waals surface area contributed by atoms with Gasteiger partial charge in [-0.2, -0.15) is 0 Å². The van der Waals surface area contributed by atoms with Gasteiger partial charge in [0.15, 0.2) is 0 Å². The minimum Gasteiger partial charge on any atom is -0.396 e. The Morgan fingerprint density at radius 3 is 2.82 bits per heavy atom. The number of aliphatic hydroxyl groups is 1. The highest BCUT2D eigenvalue weighted by Crippen LogP contribution is 2.11. The molecule has 1 amide bonds. The summed E-state index contributed by atoms with van der Waals surface area (Å²) in [6.07, 6.45) is 3.10. The predicted molar refractivity (Wildman–Crippen MR) is 71.8 cm³/mol. The number of benzene rings is 1. The Labute approximate surface area is 110 Å². The molecule has 4 heteroatoms. The van der Waals surface area contributed by atoms with Gasteiger partial charge in [-0.15, -0.1) is 0 Å². The van der Waals surface area contributed by atoms with Gasteiger partial charge in [0, 0.05) is 17.6 Å². The zero-order chi connectivity index (χ0) is 12.5. The lowest BCUT2D eigenvalue weighted by molar-refractivity contribution is -0.120. The second-order valence-electron chi connectivity index (χ2n) is 3.94. The highest BCUT2D eigenvalue weighted by atomic mass is 79.9. The van der Waals surface area contributed by atoms with Crippen LogP contribution in [0.5, 0.6) is 0 Å². The molecule has 1 aromatic carbocycles. The Kier molecular flexibility index (Phi) is 6.89. The van der Waals surface area contributed by atoms with Crippen LogP contribution in [0.25, 0.3) is 0 Å². The summed E-state index contributed by atoms with van der Waals surface area (Å²) >= 11 is 3.38. The Morgan fingerprint density at radius 2 is 2.12 bits per heavy atom. The van der Waals surface area contributed by atoms with Crippen LogP contribution >= 0.6 is 15.9 Å². The fourth-order valence-corrected chi connectivity index (χ4v) is 1.98. The molecule has 0 aromatic heterocycles. The molecule has 1 rings (SSSR count). The molecule has 0 aliphatic heterocycles. The highest BCUT2D eigenvalue weighted by molar-refractivity contribution is 9.10. The summed E-state index contributed by atoms with van der Waals surface area (Å²) in [5.41, 5.74) is 1.01. The summed E-state index contributed by atoms with van der Waals surface area (Å²) in [6, 6.07) is 7.76. The number of nitrogens with one attached hydrogen (secondary N) is 1. The van der Waals surface area contributed by atoms with E-state index in [9.17, 15) is 4.79 Å². The summed E-state index contributed by atoms with van der Waals surface area (Å²) in [5, 5.41) is 11.5. The van der Waals surface area contributed by atoms with Crippen molar-refractivity contribution in [2.45, 2.75) is 25.7 Å². The summed E-state index contributed by atoms with van der Waals surface area (Å²) in [5.74, 6) is 0.0482. The summed E-state index contributed by atoms with van der Waals surface area (Å²) in [4.78, 5) is 11.6. The molecule has 94 valence electrons. The average molecular weight is 300 g/mol. The number of hydrogen-bond acceptors (Lipinski definition) is 2. The molecule has 0 heterocycles. The van der Waals surface area contributed by atoms with Gasteiger partial charge in [0.2, 0.25) is 5.91 Å². The van der Waals surface area contributed by atoms with Crippen molar-refractivity contribution in [3.05, 3.63) is 34.3 Å². The first-order valence-electron chi connectivity index (χ1n) is 5.84. The summed E-state index contributed by atoms with van der Waals surface area (Å²) in [6.45, 7) is 0.916. The number of amides is 1. The maximum absolute atomic E-state index is 11.6. The Balaban J connectivity index is 2.21. The molecule has 0 radical (unpaired) electrons. The predicted octanol–water partition coefficient (Wildman–Crippen LogP) is 2.27. The first-order valence-corrected chi connectivity index (χ1v) is 6.63. The molecule has 0 unspecified atom stereocenters. The van der Waals surface area contributed by atoms with Crippen LogP contribution in [0, 0.1) is 0 Å². The largest absolute Gasteiger partial charge is 0.396 e. The van der Waals surface area contributed by atoms with Crippen LogP contribution in [-0.4, -0.2) is 24.2 Å². The van der Waals surface area contributed by atoms with Crippen molar-refractivity contribution >= 4 is 21.8 Å². The normalized spacial score (nSPS) is 10.2. The van der Waals surface area contributed by atoms with E-state index in [0.717, 1.165) is 29.3 Å². The monoisotopic (exact) mass is 299 g/mol. The van der Waals surface area contributed by atoms with E-state index in [1.807, 2.05) is 24.3 Å².